The lowest BCUT2D eigenvalue weighted by Gasteiger charge is -2.18. The lowest BCUT2D eigenvalue weighted by molar-refractivity contribution is -0.121. The van der Waals surface area contributed by atoms with Crippen LogP contribution in [-0.4, -0.2) is 18.0 Å². The van der Waals surface area contributed by atoms with Crippen molar-refractivity contribution in [1.82, 2.24) is 10.7 Å². The van der Waals surface area contributed by atoms with Crippen LogP contribution in [-0.2, 0) is 11.4 Å². The maximum Gasteiger partial charge on any atom is 0.251 e. The van der Waals surface area contributed by atoms with Crippen LogP contribution in [0.3, 0.4) is 0 Å². The number of hydrazone groups is 1. The molecular formula is C31H29N3O3. The largest absolute Gasteiger partial charge is 0.489 e. The summed E-state index contributed by atoms with van der Waals surface area (Å²) < 4.78 is 5.85. The van der Waals surface area contributed by atoms with Crippen LogP contribution in [0.4, 0.5) is 0 Å². The average molecular weight is 492 g/mol. The molecule has 0 fully saturated rings. The summed E-state index contributed by atoms with van der Waals surface area (Å²) >= 11 is 0. The lowest BCUT2D eigenvalue weighted by Crippen LogP contribution is -2.32. The second-order valence-electron chi connectivity index (χ2n) is 8.65. The topological polar surface area (TPSA) is 79.8 Å². The fraction of sp³-hybridized carbons (Fsp3) is 0.129. The molecule has 4 aromatic rings. The van der Waals surface area contributed by atoms with E-state index in [1.807, 2.05) is 72.8 Å². The number of carbonyl (C=O) groups is 2. The Morgan fingerprint density at radius 2 is 1.57 bits per heavy atom. The molecule has 0 aliphatic heterocycles. The molecule has 0 unspecified atom stereocenters. The number of hydrogen-bond acceptors (Lipinski definition) is 4. The minimum atomic E-state index is -0.492. The maximum atomic E-state index is 12.7. The normalized spacial score (nSPS) is 11.6. The van der Waals surface area contributed by atoms with Gasteiger partial charge in [-0.25, -0.2) is 5.43 Å². The lowest BCUT2D eigenvalue weighted by atomic mass is 10.0. The van der Waals surface area contributed by atoms with E-state index in [0.29, 0.717) is 12.2 Å². The third-order valence-corrected chi connectivity index (χ3v) is 5.70. The Kier molecular flexibility index (Phi) is 8.81. The van der Waals surface area contributed by atoms with E-state index >= 15 is 0 Å². The summed E-state index contributed by atoms with van der Waals surface area (Å²) in [5.74, 6) is 0.203. The highest BCUT2D eigenvalue weighted by atomic mass is 16.5. The predicted molar refractivity (Wildman–Crippen MR) is 145 cm³/mol. The number of aryl methyl sites for hydroxylation is 1. The van der Waals surface area contributed by atoms with Crippen molar-refractivity contribution >= 4 is 18.0 Å². The van der Waals surface area contributed by atoms with Gasteiger partial charge in [0, 0.05) is 5.56 Å². The molecule has 0 spiro atoms. The van der Waals surface area contributed by atoms with E-state index in [1.54, 1.807) is 30.5 Å². The van der Waals surface area contributed by atoms with Gasteiger partial charge < -0.3 is 10.1 Å². The van der Waals surface area contributed by atoms with Crippen molar-refractivity contribution in [3.8, 4) is 5.75 Å². The average Bonchev–Trinajstić information content (AvgIpc) is 2.93. The summed E-state index contributed by atoms with van der Waals surface area (Å²) in [5.41, 5.74) is 7.06. The molecule has 0 aliphatic carbocycles. The van der Waals surface area contributed by atoms with Crippen LogP contribution in [0.1, 0.15) is 45.1 Å². The molecule has 2 amide bonds. The zero-order valence-corrected chi connectivity index (χ0v) is 20.6. The fourth-order valence-corrected chi connectivity index (χ4v) is 3.80. The van der Waals surface area contributed by atoms with Gasteiger partial charge in [0.2, 0.25) is 5.91 Å². The van der Waals surface area contributed by atoms with Crippen LogP contribution in [0.2, 0.25) is 0 Å². The first-order valence-electron chi connectivity index (χ1n) is 12.1. The number of benzene rings is 4. The van der Waals surface area contributed by atoms with Crippen LogP contribution in [0.25, 0.3) is 0 Å². The third kappa shape index (κ3) is 7.90. The zero-order valence-electron chi connectivity index (χ0n) is 20.6. The van der Waals surface area contributed by atoms with Crippen molar-refractivity contribution in [2.75, 3.05) is 0 Å². The Bertz CT molecular complexity index is 1340. The molecule has 0 heterocycles. The molecule has 186 valence electrons. The van der Waals surface area contributed by atoms with E-state index < -0.39 is 6.04 Å². The van der Waals surface area contributed by atoms with E-state index in [0.717, 1.165) is 22.4 Å². The molecule has 0 saturated carbocycles. The number of nitrogens with zero attached hydrogens (tertiary/aromatic N) is 1. The van der Waals surface area contributed by atoms with Crippen molar-refractivity contribution in [2.24, 2.45) is 5.10 Å². The van der Waals surface area contributed by atoms with Crippen LogP contribution in [0.5, 0.6) is 5.75 Å². The monoisotopic (exact) mass is 491 g/mol. The first-order chi connectivity index (χ1) is 18.1. The molecule has 0 aliphatic rings. The van der Waals surface area contributed by atoms with Gasteiger partial charge in [0.25, 0.3) is 5.91 Å². The van der Waals surface area contributed by atoms with Gasteiger partial charge in [0.05, 0.1) is 18.7 Å². The fourth-order valence-electron chi connectivity index (χ4n) is 3.80. The summed E-state index contributed by atoms with van der Waals surface area (Å²) in [5, 5.41) is 7.04. The molecule has 0 bridgehead atoms. The van der Waals surface area contributed by atoms with Crippen LogP contribution >= 0.6 is 0 Å². The molecule has 6 heteroatoms. The Balaban J connectivity index is 1.31. The highest BCUT2D eigenvalue weighted by Gasteiger charge is 2.19. The Labute approximate surface area is 217 Å². The first-order valence-corrected chi connectivity index (χ1v) is 12.1. The minimum absolute atomic E-state index is 0.0473. The molecule has 1 atom stereocenters. The molecule has 37 heavy (non-hydrogen) atoms. The van der Waals surface area contributed by atoms with Crippen molar-refractivity contribution in [3.05, 3.63) is 137 Å². The predicted octanol–water partition coefficient (Wildman–Crippen LogP) is 5.59. The molecule has 4 rings (SSSR count). The third-order valence-electron chi connectivity index (χ3n) is 5.70. The van der Waals surface area contributed by atoms with Gasteiger partial charge in [-0.2, -0.15) is 5.10 Å². The van der Waals surface area contributed by atoms with Crippen molar-refractivity contribution < 1.29 is 14.3 Å². The zero-order chi connectivity index (χ0) is 25.9. The molecule has 4 aromatic carbocycles. The molecule has 0 saturated heterocycles. The summed E-state index contributed by atoms with van der Waals surface area (Å²) in [6, 6.07) is 33.5. The summed E-state index contributed by atoms with van der Waals surface area (Å²) in [6.07, 6.45) is 1.62. The quantitative estimate of drug-likeness (QED) is 0.224. The van der Waals surface area contributed by atoms with E-state index in [4.69, 9.17) is 4.74 Å². The maximum absolute atomic E-state index is 12.7. The smallest absolute Gasteiger partial charge is 0.251 e. The number of rotatable bonds is 10. The molecule has 0 radical (unpaired) electrons. The summed E-state index contributed by atoms with van der Waals surface area (Å²) in [4.78, 5) is 25.3. The summed E-state index contributed by atoms with van der Waals surface area (Å²) in [6.45, 7) is 2.55. The Morgan fingerprint density at radius 3 is 2.27 bits per heavy atom. The van der Waals surface area contributed by atoms with Gasteiger partial charge in [-0.05, 0) is 60.0 Å². The highest BCUT2D eigenvalue weighted by molar-refractivity contribution is 5.94. The number of nitrogens with one attached hydrogen (secondary N) is 2. The highest BCUT2D eigenvalue weighted by Crippen LogP contribution is 2.18. The Hall–Kier alpha value is -4.71. The molecular weight excluding hydrogens is 462 g/mol. The van der Waals surface area contributed by atoms with E-state index in [-0.39, 0.29) is 18.2 Å². The van der Waals surface area contributed by atoms with Crippen molar-refractivity contribution in [3.63, 3.8) is 0 Å². The van der Waals surface area contributed by atoms with Gasteiger partial charge in [0.1, 0.15) is 12.4 Å². The summed E-state index contributed by atoms with van der Waals surface area (Å²) in [7, 11) is 0. The number of amides is 2. The SMILES string of the molecule is Cc1cccc(COc2ccc(/C=N\NC(=O)C[C@H](NC(=O)c3ccccc3)c3ccccc3)cc2)c1. The standard InChI is InChI=1S/C31H29N3O3/c1-23-9-8-10-25(19-23)22-37-28-17-15-24(16-18-28)21-32-34-30(35)20-29(26-11-4-2-5-12-26)33-31(36)27-13-6-3-7-14-27/h2-19,21,29H,20,22H2,1H3,(H,33,36)(H,34,35)/b32-21-/t29-/m0/s1. The Morgan fingerprint density at radius 1 is 0.865 bits per heavy atom. The molecule has 6 nitrogen and oxygen atoms in total. The molecule has 0 aromatic heterocycles. The number of hydrogen-bond donors (Lipinski definition) is 2. The van der Waals surface area contributed by atoms with Gasteiger partial charge in [-0.15, -0.1) is 0 Å². The van der Waals surface area contributed by atoms with Crippen LogP contribution in [0.15, 0.2) is 114 Å². The van der Waals surface area contributed by atoms with Crippen LogP contribution < -0.4 is 15.5 Å². The van der Waals surface area contributed by atoms with Gasteiger partial charge in [-0.3, -0.25) is 9.59 Å². The van der Waals surface area contributed by atoms with Crippen molar-refractivity contribution in [2.45, 2.75) is 26.0 Å². The number of carbonyl (C=O) groups excluding carboxylic acids is 2. The first kappa shape index (κ1) is 25.4. The van der Waals surface area contributed by atoms with E-state index in [1.165, 1.54) is 5.56 Å². The van der Waals surface area contributed by atoms with Crippen molar-refractivity contribution in [1.29, 1.82) is 0 Å². The van der Waals surface area contributed by atoms with Crippen LogP contribution in [0, 0.1) is 6.92 Å². The second kappa shape index (κ2) is 12.8. The van der Waals surface area contributed by atoms with Gasteiger partial charge >= 0.3 is 0 Å². The molecule has 2 N–H and O–H groups in total. The van der Waals surface area contributed by atoms with Gasteiger partial charge in [-0.1, -0.05) is 78.4 Å². The number of ether oxygens (including phenoxy) is 1. The minimum Gasteiger partial charge on any atom is -0.489 e. The van der Waals surface area contributed by atoms with E-state index in [2.05, 4.69) is 34.9 Å². The van der Waals surface area contributed by atoms with Gasteiger partial charge in [0.15, 0.2) is 0 Å². The second-order valence-corrected chi connectivity index (χ2v) is 8.65. The van der Waals surface area contributed by atoms with E-state index in [9.17, 15) is 9.59 Å².